The molecule has 2 rings (SSSR count). The molecule has 0 radical (unpaired) electrons. The van der Waals surface area contributed by atoms with Crippen LogP contribution in [0.5, 0.6) is 5.88 Å². The highest BCUT2D eigenvalue weighted by Gasteiger charge is 2.17. The van der Waals surface area contributed by atoms with E-state index in [0.29, 0.717) is 23.9 Å². The third-order valence-electron chi connectivity index (χ3n) is 3.33. The van der Waals surface area contributed by atoms with Gasteiger partial charge in [-0.1, -0.05) is 6.07 Å². The molecule has 0 aliphatic heterocycles. The van der Waals surface area contributed by atoms with E-state index in [1.165, 1.54) is 0 Å². The second-order valence-corrected chi connectivity index (χ2v) is 4.98. The smallest absolute Gasteiger partial charge is 0.252 e. The molecule has 1 amide bonds. The number of aromatic nitrogens is 1. The van der Waals surface area contributed by atoms with Gasteiger partial charge in [0.15, 0.2) is 0 Å². The molecule has 0 saturated carbocycles. The molecule has 1 aromatic carbocycles. The van der Waals surface area contributed by atoms with Crippen LogP contribution in [0.3, 0.4) is 0 Å². The van der Waals surface area contributed by atoms with Gasteiger partial charge in [-0.05, 0) is 32.0 Å². The summed E-state index contributed by atoms with van der Waals surface area (Å²) in [4.78, 5) is 20.3. The minimum absolute atomic E-state index is 0.228. The van der Waals surface area contributed by atoms with Gasteiger partial charge in [0.05, 0.1) is 23.4 Å². The number of allylic oxidation sites excluding steroid dienone is 1. The molecule has 6 nitrogen and oxygen atoms in total. The van der Waals surface area contributed by atoms with Crippen LogP contribution in [0.25, 0.3) is 10.9 Å². The largest absolute Gasteiger partial charge is 0.478 e. The Hall–Kier alpha value is -2.89. The molecular formula is C17H20N4O2. The number of primary amides is 1. The summed E-state index contributed by atoms with van der Waals surface area (Å²) < 4.78 is 5.39. The van der Waals surface area contributed by atoms with E-state index in [2.05, 4.69) is 9.98 Å². The Balaban J connectivity index is 2.53. The molecular weight excluding hydrogens is 292 g/mol. The highest BCUT2D eigenvalue weighted by atomic mass is 16.5. The zero-order chi connectivity index (χ0) is 17.0. The number of aliphatic imine (C=N–C) groups is 1. The SMILES string of the molecule is CCOc1ccc2cc(C(=N/C)/C(C(N)=O)=C(\C)N)ccc2n1. The molecule has 0 atom stereocenters. The second-order valence-electron chi connectivity index (χ2n) is 4.98. The first-order valence-electron chi connectivity index (χ1n) is 7.25. The molecule has 2 aromatic rings. The maximum absolute atomic E-state index is 11.7. The van der Waals surface area contributed by atoms with Crippen LogP contribution in [-0.2, 0) is 4.79 Å². The molecule has 0 aliphatic rings. The summed E-state index contributed by atoms with van der Waals surface area (Å²) in [5.41, 5.74) is 13.8. The Bertz CT molecular complexity index is 805. The fourth-order valence-corrected chi connectivity index (χ4v) is 2.37. The molecule has 0 unspecified atom stereocenters. The highest BCUT2D eigenvalue weighted by Crippen LogP contribution is 2.20. The van der Waals surface area contributed by atoms with Crippen molar-refractivity contribution in [3.05, 3.63) is 47.2 Å². The standard InChI is InChI=1S/C17H20N4O2/c1-4-23-14-8-6-11-9-12(5-7-13(11)21-14)16(20-3)15(10(2)18)17(19)22/h5-9H,4,18H2,1-3H3,(H2,19,22)/b15-10-,20-16-. The molecule has 120 valence electrons. The molecule has 0 saturated heterocycles. The molecule has 4 N–H and O–H groups in total. The van der Waals surface area contributed by atoms with Crippen molar-refractivity contribution in [2.24, 2.45) is 16.5 Å². The number of fused-ring (bicyclic) bond motifs is 1. The van der Waals surface area contributed by atoms with Gasteiger partial charge in [0, 0.05) is 29.8 Å². The van der Waals surface area contributed by atoms with Crippen molar-refractivity contribution in [3.63, 3.8) is 0 Å². The van der Waals surface area contributed by atoms with Crippen LogP contribution in [-0.4, -0.2) is 30.3 Å². The van der Waals surface area contributed by atoms with Crippen LogP contribution in [0, 0.1) is 0 Å². The molecule has 23 heavy (non-hydrogen) atoms. The van der Waals surface area contributed by atoms with Crippen molar-refractivity contribution < 1.29 is 9.53 Å². The van der Waals surface area contributed by atoms with E-state index in [0.717, 1.165) is 16.5 Å². The second kappa shape index (κ2) is 6.91. The Labute approximate surface area is 134 Å². The van der Waals surface area contributed by atoms with E-state index in [9.17, 15) is 4.79 Å². The summed E-state index contributed by atoms with van der Waals surface area (Å²) in [6.07, 6.45) is 0. The molecule has 0 fully saturated rings. The van der Waals surface area contributed by atoms with Crippen molar-refractivity contribution in [2.45, 2.75) is 13.8 Å². The van der Waals surface area contributed by atoms with Gasteiger partial charge >= 0.3 is 0 Å². The Morgan fingerprint density at radius 3 is 2.57 bits per heavy atom. The first-order chi connectivity index (χ1) is 11.0. The van der Waals surface area contributed by atoms with Gasteiger partial charge in [-0.2, -0.15) is 0 Å². The Kier molecular flexibility index (Phi) is 4.95. The Morgan fingerprint density at radius 2 is 2.00 bits per heavy atom. The maximum atomic E-state index is 11.7. The molecule has 0 aliphatic carbocycles. The molecule has 0 bridgehead atoms. The van der Waals surface area contributed by atoms with E-state index in [4.69, 9.17) is 16.2 Å². The number of carbonyl (C=O) groups excluding carboxylic acids is 1. The summed E-state index contributed by atoms with van der Waals surface area (Å²) in [7, 11) is 1.60. The fraction of sp³-hybridized carbons (Fsp3) is 0.235. The summed E-state index contributed by atoms with van der Waals surface area (Å²) in [6.45, 7) is 4.10. The lowest BCUT2D eigenvalue weighted by atomic mass is 9.98. The lowest BCUT2D eigenvalue weighted by Gasteiger charge is -2.11. The molecule has 0 spiro atoms. The number of amides is 1. The van der Waals surface area contributed by atoms with Crippen LogP contribution >= 0.6 is 0 Å². The van der Waals surface area contributed by atoms with E-state index in [1.807, 2.05) is 31.2 Å². The highest BCUT2D eigenvalue weighted by molar-refractivity contribution is 6.28. The topological polar surface area (TPSA) is 104 Å². The van der Waals surface area contributed by atoms with Crippen LogP contribution in [0.4, 0.5) is 0 Å². The minimum atomic E-state index is -0.601. The lowest BCUT2D eigenvalue weighted by Crippen LogP contribution is -2.25. The minimum Gasteiger partial charge on any atom is -0.478 e. The van der Waals surface area contributed by atoms with Gasteiger partial charge in [0.25, 0.3) is 5.91 Å². The normalized spacial score (nSPS) is 12.9. The number of carbonyl (C=O) groups is 1. The number of pyridine rings is 1. The first-order valence-corrected chi connectivity index (χ1v) is 7.25. The van der Waals surface area contributed by atoms with E-state index in [1.54, 1.807) is 20.0 Å². The van der Waals surface area contributed by atoms with Crippen LogP contribution in [0.15, 0.2) is 46.6 Å². The zero-order valence-electron chi connectivity index (χ0n) is 13.5. The third kappa shape index (κ3) is 3.48. The monoisotopic (exact) mass is 312 g/mol. The number of nitrogens with zero attached hydrogens (tertiary/aromatic N) is 2. The third-order valence-corrected chi connectivity index (χ3v) is 3.33. The van der Waals surface area contributed by atoms with Crippen molar-refractivity contribution in [1.29, 1.82) is 0 Å². The molecule has 1 aromatic heterocycles. The van der Waals surface area contributed by atoms with Gasteiger partial charge in [0.2, 0.25) is 5.88 Å². The summed E-state index contributed by atoms with van der Waals surface area (Å²) in [6, 6.07) is 9.29. The van der Waals surface area contributed by atoms with Crippen molar-refractivity contribution in [3.8, 4) is 5.88 Å². The van der Waals surface area contributed by atoms with Crippen molar-refractivity contribution in [2.75, 3.05) is 13.7 Å². The predicted octanol–water partition coefficient (Wildman–Crippen LogP) is 1.77. The quantitative estimate of drug-likeness (QED) is 0.648. The Morgan fingerprint density at radius 1 is 1.26 bits per heavy atom. The van der Waals surface area contributed by atoms with E-state index >= 15 is 0 Å². The average Bonchev–Trinajstić information content (AvgIpc) is 2.51. The number of hydrogen-bond acceptors (Lipinski definition) is 5. The average molecular weight is 312 g/mol. The van der Waals surface area contributed by atoms with E-state index in [-0.39, 0.29) is 5.57 Å². The van der Waals surface area contributed by atoms with Gasteiger partial charge in [-0.3, -0.25) is 9.79 Å². The van der Waals surface area contributed by atoms with Crippen LogP contribution < -0.4 is 16.2 Å². The first kappa shape index (κ1) is 16.5. The van der Waals surface area contributed by atoms with Gasteiger partial charge in [0.1, 0.15) is 0 Å². The number of hydrogen-bond donors (Lipinski definition) is 2. The molecule has 1 heterocycles. The number of nitrogens with two attached hydrogens (primary N) is 2. The summed E-state index contributed by atoms with van der Waals surface area (Å²) >= 11 is 0. The predicted molar refractivity (Wildman–Crippen MR) is 91.5 cm³/mol. The van der Waals surface area contributed by atoms with E-state index < -0.39 is 5.91 Å². The van der Waals surface area contributed by atoms with Crippen LogP contribution in [0.2, 0.25) is 0 Å². The van der Waals surface area contributed by atoms with Gasteiger partial charge in [-0.25, -0.2) is 4.98 Å². The number of rotatable bonds is 5. The lowest BCUT2D eigenvalue weighted by molar-refractivity contribution is -0.114. The summed E-state index contributed by atoms with van der Waals surface area (Å²) in [5.74, 6) is -0.0248. The number of ether oxygens (including phenoxy) is 1. The van der Waals surface area contributed by atoms with Crippen LogP contribution in [0.1, 0.15) is 19.4 Å². The number of benzene rings is 1. The van der Waals surface area contributed by atoms with Crippen molar-refractivity contribution >= 4 is 22.5 Å². The maximum Gasteiger partial charge on any atom is 0.252 e. The van der Waals surface area contributed by atoms with Gasteiger partial charge in [-0.15, -0.1) is 0 Å². The molecule has 6 heteroatoms. The summed E-state index contributed by atoms with van der Waals surface area (Å²) in [5, 5.41) is 0.908. The van der Waals surface area contributed by atoms with Crippen molar-refractivity contribution in [1.82, 2.24) is 4.98 Å². The zero-order valence-corrected chi connectivity index (χ0v) is 13.5. The van der Waals surface area contributed by atoms with Gasteiger partial charge < -0.3 is 16.2 Å². The fourth-order valence-electron chi connectivity index (χ4n) is 2.37.